The lowest BCUT2D eigenvalue weighted by molar-refractivity contribution is -0.164. The summed E-state index contributed by atoms with van der Waals surface area (Å²) in [4.78, 5) is 25.0. The van der Waals surface area contributed by atoms with Crippen molar-refractivity contribution in [3.63, 3.8) is 0 Å². The molecular formula is C16H18N2O6. The van der Waals surface area contributed by atoms with E-state index in [-0.39, 0.29) is 19.3 Å². The largest absolute Gasteiger partial charge is 0.450 e. The maximum atomic E-state index is 12.7. The highest BCUT2D eigenvalue weighted by atomic mass is 16.7. The van der Waals surface area contributed by atoms with Gasteiger partial charge in [0, 0.05) is 0 Å². The topological polar surface area (TPSA) is 86.7 Å². The molecule has 1 aromatic rings. The smallest absolute Gasteiger partial charge is 0.435 e. The second kappa shape index (κ2) is 5.70. The fourth-order valence-corrected chi connectivity index (χ4v) is 2.88. The minimum absolute atomic E-state index is 0.125. The fourth-order valence-electron chi connectivity index (χ4n) is 2.88. The van der Waals surface area contributed by atoms with Crippen molar-refractivity contribution in [2.24, 2.45) is 5.10 Å². The molecule has 1 atom stereocenters. The highest BCUT2D eigenvalue weighted by molar-refractivity contribution is 5.96. The fraction of sp³-hybridized carbons (Fsp3) is 0.438. The quantitative estimate of drug-likeness (QED) is 0.608. The molecule has 8 nitrogen and oxygen atoms in total. The van der Waals surface area contributed by atoms with Gasteiger partial charge >= 0.3 is 23.9 Å². The van der Waals surface area contributed by atoms with Gasteiger partial charge in [-0.05, 0) is 44.9 Å². The molecule has 24 heavy (non-hydrogen) atoms. The van der Waals surface area contributed by atoms with Crippen LogP contribution in [0.1, 0.15) is 30.5 Å². The second-order valence-corrected chi connectivity index (χ2v) is 5.40. The van der Waals surface area contributed by atoms with Crippen LogP contribution in [0.3, 0.4) is 0 Å². The third-order valence-corrected chi connectivity index (χ3v) is 3.69. The van der Waals surface area contributed by atoms with E-state index < -0.39 is 17.8 Å². The number of hydrogen-bond acceptors (Lipinski definition) is 7. The number of hydrazone groups is 1. The Balaban J connectivity index is 2.15. The molecule has 2 aliphatic heterocycles. The molecule has 0 radical (unpaired) electrons. The number of nitrogens with zero attached hydrogens (tertiary/aromatic N) is 2. The average molecular weight is 334 g/mol. The van der Waals surface area contributed by atoms with Crippen LogP contribution in [0, 0.1) is 13.8 Å². The maximum Gasteiger partial charge on any atom is 0.435 e. The van der Waals surface area contributed by atoms with Crippen molar-refractivity contribution in [2.45, 2.75) is 33.4 Å². The van der Waals surface area contributed by atoms with E-state index in [1.807, 2.05) is 13.0 Å². The molecule has 0 aromatic heterocycles. The third kappa shape index (κ3) is 2.17. The number of carbonyl (C=O) groups excluding carboxylic acids is 2. The van der Waals surface area contributed by atoms with Crippen LogP contribution < -0.4 is 4.74 Å². The molecule has 0 fully saturated rings. The molecule has 0 N–H and O–H groups in total. The Kier molecular flexibility index (Phi) is 3.82. The molecule has 3 rings (SSSR count). The number of carbonyl (C=O) groups is 2. The standard InChI is InChI=1S/C16H18N2O6/c1-5-21-14-17-18(15(20)22-6-2)16(24-14)12-10(4)7-9(3)8-11(12)23-13(16)19/h7-8H,5-6H2,1-4H3. The Hall–Kier alpha value is -2.77. The Labute approximate surface area is 138 Å². The Morgan fingerprint density at radius 2 is 2.04 bits per heavy atom. The van der Waals surface area contributed by atoms with Crippen molar-refractivity contribution in [1.82, 2.24) is 5.01 Å². The van der Waals surface area contributed by atoms with Crippen LogP contribution in [0.15, 0.2) is 17.2 Å². The average Bonchev–Trinajstić information content (AvgIpc) is 2.99. The lowest BCUT2D eigenvalue weighted by Crippen LogP contribution is -2.50. The number of ether oxygens (including phenoxy) is 4. The number of aryl methyl sites for hydroxylation is 2. The summed E-state index contributed by atoms with van der Waals surface area (Å²) in [7, 11) is 0. The zero-order chi connectivity index (χ0) is 17.5. The number of fused-ring (bicyclic) bond motifs is 2. The van der Waals surface area contributed by atoms with Gasteiger partial charge in [0.25, 0.3) is 0 Å². The Bertz CT molecular complexity index is 744. The number of rotatable bonds is 2. The van der Waals surface area contributed by atoms with Crippen molar-refractivity contribution in [3.05, 3.63) is 28.8 Å². The van der Waals surface area contributed by atoms with Gasteiger partial charge in [-0.3, -0.25) is 0 Å². The zero-order valence-electron chi connectivity index (χ0n) is 13.9. The number of amides is 1. The number of benzene rings is 1. The van der Waals surface area contributed by atoms with E-state index in [0.29, 0.717) is 11.3 Å². The third-order valence-electron chi connectivity index (χ3n) is 3.69. The molecule has 1 unspecified atom stereocenters. The van der Waals surface area contributed by atoms with Crippen molar-refractivity contribution in [2.75, 3.05) is 13.2 Å². The van der Waals surface area contributed by atoms with Crippen LogP contribution >= 0.6 is 0 Å². The molecule has 0 saturated heterocycles. The van der Waals surface area contributed by atoms with Gasteiger partial charge in [0.05, 0.1) is 18.8 Å². The minimum atomic E-state index is -1.86. The zero-order valence-corrected chi connectivity index (χ0v) is 13.9. The van der Waals surface area contributed by atoms with Gasteiger partial charge < -0.3 is 18.9 Å². The van der Waals surface area contributed by atoms with Crippen molar-refractivity contribution in [3.8, 4) is 5.75 Å². The van der Waals surface area contributed by atoms with Gasteiger partial charge in [-0.25, -0.2) is 9.59 Å². The molecule has 128 valence electrons. The van der Waals surface area contributed by atoms with E-state index in [1.54, 1.807) is 26.8 Å². The van der Waals surface area contributed by atoms with Crippen LogP contribution in [-0.2, 0) is 24.7 Å². The molecule has 1 spiro atoms. The van der Waals surface area contributed by atoms with E-state index in [9.17, 15) is 9.59 Å². The van der Waals surface area contributed by atoms with Gasteiger partial charge in [-0.1, -0.05) is 11.2 Å². The van der Waals surface area contributed by atoms with E-state index in [0.717, 1.165) is 16.1 Å². The van der Waals surface area contributed by atoms with E-state index >= 15 is 0 Å². The predicted octanol–water partition coefficient (Wildman–Crippen LogP) is 2.17. The molecule has 0 bridgehead atoms. The number of esters is 1. The van der Waals surface area contributed by atoms with Crippen LogP contribution in [0.25, 0.3) is 0 Å². The first-order valence-electron chi connectivity index (χ1n) is 7.65. The van der Waals surface area contributed by atoms with Gasteiger partial charge in [0.2, 0.25) is 0 Å². The van der Waals surface area contributed by atoms with Crippen molar-refractivity contribution in [1.29, 1.82) is 0 Å². The van der Waals surface area contributed by atoms with Crippen LogP contribution in [0.5, 0.6) is 5.75 Å². The van der Waals surface area contributed by atoms with E-state index in [2.05, 4.69) is 5.10 Å². The summed E-state index contributed by atoms with van der Waals surface area (Å²) in [6, 6.07) is 3.58. The van der Waals surface area contributed by atoms with Crippen LogP contribution in [0.2, 0.25) is 0 Å². The van der Waals surface area contributed by atoms with Gasteiger partial charge in [-0.15, -0.1) is 5.01 Å². The lowest BCUT2D eigenvalue weighted by atomic mass is 9.96. The molecule has 2 heterocycles. The summed E-state index contributed by atoms with van der Waals surface area (Å²) < 4.78 is 21.3. The van der Waals surface area contributed by atoms with Crippen LogP contribution in [0.4, 0.5) is 4.79 Å². The Morgan fingerprint density at radius 3 is 2.71 bits per heavy atom. The first kappa shape index (κ1) is 16.1. The first-order valence-corrected chi connectivity index (χ1v) is 7.65. The van der Waals surface area contributed by atoms with Gasteiger partial charge in [0.15, 0.2) is 0 Å². The lowest BCUT2D eigenvalue weighted by Gasteiger charge is -2.27. The summed E-state index contributed by atoms with van der Waals surface area (Å²) in [5.41, 5.74) is 0.217. The molecular weight excluding hydrogens is 316 g/mol. The summed E-state index contributed by atoms with van der Waals surface area (Å²) in [5.74, 6) is -0.433. The minimum Gasteiger partial charge on any atom is -0.450 e. The van der Waals surface area contributed by atoms with E-state index in [4.69, 9.17) is 18.9 Å². The molecule has 1 amide bonds. The molecule has 2 aliphatic rings. The maximum absolute atomic E-state index is 12.7. The normalized spacial score (nSPS) is 21.2. The first-order chi connectivity index (χ1) is 11.4. The summed E-state index contributed by atoms with van der Waals surface area (Å²) >= 11 is 0. The van der Waals surface area contributed by atoms with Gasteiger partial charge in [0.1, 0.15) is 5.75 Å². The van der Waals surface area contributed by atoms with E-state index in [1.165, 1.54) is 0 Å². The summed E-state index contributed by atoms with van der Waals surface area (Å²) in [6.07, 6.45) is -1.01. The summed E-state index contributed by atoms with van der Waals surface area (Å²) in [6.45, 7) is 7.47. The monoisotopic (exact) mass is 334 g/mol. The second-order valence-electron chi connectivity index (χ2n) is 5.40. The SMILES string of the molecule is CCOC(=O)N1N=C(OCC)OC12C(=O)Oc1cc(C)cc(C)c12. The highest BCUT2D eigenvalue weighted by Crippen LogP contribution is 2.48. The highest BCUT2D eigenvalue weighted by Gasteiger charge is 2.64. The van der Waals surface area contributed by atoms with Crippen LogP contribution in [-0.4, -0.2) is 36.4 Å². The summed E-state index contributed by atoms with van der Waals surface area (Å²) in [5, 5.41) is 4.82. The molecule has 1 aromatic carbocycles. The molecule has 0 saturated carbocycles. The molecule has 0 aliphatic carbocycles. The van der Waals surface area contributed by atoms with Gasteiger partial charge in [-0.2, -0.15) is 0 Å². The van der Waals surface area contributed by atoms with Crippen molar-refractivity contribution < 1.29 is 28.5 Å². The number of hydrogen-bond donors (Lipinski definition) is 0. The Morgan fingerprint density at radius 1 is 1.29 bits per heavy atom. The predicted molar refractivity (Wildman–Crippen MR) is 82.2 cm³/mol. The van der Waals surface area contributed by atoms with Crippen molar-refractivity contribution >= 4 is 18.1 Å². The molecule has 8 heteroatoms.